The van der Waals surface area contributed by atoms with E-state index < -0.39 is 0 Å². The predicted molar refractivity (Wildman–Crippen MR) is 184 cm³/mol. The molecule has 0 nitrogen and oxygen atoms in total. The van der Waals surface area contributed by atoms with E-state index in [4.69, 9.17) is 0 Å². The third-order valence-electron chi connectivity index (χ3n) is 8.85. The molecule has 220 valence electrons. The summed E-state index contributed by atoms with van der Waals surface area (Å²) in [5.41, 5.74) is 3.17. The number of hydrogen-bond donors (Lipinski definition) is 0. The van der Waals surface area contributed by atoms with Crippen LogP contribution < -0.4 is 0 Å². The summed E-state index contributed by atoms with van der Waals surface area (Å²) in [5, 5.41) is 3.21. The van der Waals surface area contributed by atoms with Crippen LogP contribution in [0.1, 0.15) is 153 Å². The Morgan fingerprint density at radius 1 is 0.400 bits per heavy atom. The van der Waals surface area contributed by atoms with E-state index in [1.165, 1.54) is 141 Å². The van der Waals surface area contributed by atoms with Gasteiger partial charge in [0, 0.05) is 0 Å². The van der Waals surface area contributed by atoms with Gasteiger partial charge in [-0.05, 0) is 0 Å². The normalized spacial score (nSPS) is 11.9. The molecule has 0 aliphatic rings. The molecule has 2 aromatic heterocycles. The molecule has 0 N–H and O–H groups in total. The summed E-state index contributed by atoms with van der Waals surface area (Å²) in [4.78, 5) is 0. The number of fused-ring (bicyclic) bond motifs is 5. The van der Waals surface area contributed by atoms with Crippen molar-refractivity contribution in [1.29, 1.82) is 0 Å². The van der Waals surface area contributed by atoms with Crippen molar-refractivity contribution >= 4 is 56.8 Å². The van der Waals surface area contributed by atoms with Crippen LogP contribution in [-0.4, -0.2) is 29.0 Å². The summed E-state index contributed by atoms with van der Waals surface area (Å²) >= 11 is 1.01. The molecule has 0 bridgehead atoms. The Balaban J connectivity index is 1.19. The second kappa shape index (κ2) is 18.7. The van der Waals surface area contributed by atoms with Gasteiger partial charge in [0.1, 0.15) is 0 Å². The van der Waals surface area contributed by atoms with E-state index in [-0.39, 0.29) is 0 Å². The first-order valence-electron chi connectivity index (χ1n) is 17.2. The van der Waals surface area contributed by atoms with Crippen LogP contribution in [0.5, 0.6) is 0 Å². The van der Waals surface area contributed by atoms with Crippen LogP contribution in [0.3, 0.4) is 0 Å². The van der Waals surface area contributed by atoms with Crippen LogP contribution in [0.4, 0.5) is 0 Å². The summed E-state index contributed by atoms with van der Waals surface area (Å²) in [6, 6.07) is 15.0. The zero-order valence-electron chi connectivity index (χ0n) is 25.8. The molecule has 0 aliphatic carbocycles. The molecule has 2 heterocycles. The van der Waals surface area contributed by atoms with Crippen molar-refractivity contribution in [2.24, 2.45) is 0 Å². The Kier molecular flexibility index (Phi) is 15.0. The second-order valence-electron chi connectivity index (χ2n) is 12.4. The first-order valence-corrected chi connectivity index (χ1v) is 20.6. The van der Waals surface area contributed by atoms with Crippen LogP contribution in [0.2, 0.25) is 0 Å². The molecule has 2 heteroatoms. The Morgan fingerprint density at radius 2 is 0.725 bits per heavy atom. The van der Waals surface area contributed by atoms with Crippen LogP contribution >= 0.6 is 0 Å². The third kappa shape index (κ3) is 10.2. The molecule has 0 radical (unpaired) electrons. The maximum atomic E-state index is 2.58. The molecule has 40 heavy (non-hydrogen) atoms. The van der Waals surface area contributed by atoms with Gasteiger partial charge in [0.2, 0.25) is 0 Å². The van der Waals surface area contributed by atoms with Gasteiger partial charge in [-0.15, -0.1) is 0 Å². The molecule has 0 saturated heterocycles. The fourth-order valence-corrected chi connectivity index (χ4v) is 12.9. The summed E-state index contributed by atoms with van der Waals surface area (Å²) in [5.74, 6) is 0. The van der Waals surface area contributed by atoms with E-state index in [0.717, 1.165) is 0 Å². The molecule has 0 fully saturated rings. The van der Waals surface area contributed by atoms with Gasteiger partial charge in [-0.25, -0.2) is 0 Å². The zero-order valence-corrected chi connectivity index (χ0v) is 29.3. The van der Waals surface area contributed by atoms with E-state index in [2.05, 4.69) is 50.2 Å². The summed E-state index contributed by atoms with van der Waals surface area (Å²) in [7, 11) is 0. The van der Waals surface area contributed by atoms with Crippen molar-refractivity contribution in [2.45, 2.75) is 155 Å². The first kappa shape index (κ1) is 32.1. The van der Waals surface area contributed by atoms with Gasteiger partial charge in [-0.3, -0.25) is 0 Å². The van der Waals surface area contributed by atoms with Crippen molar-refractivity contribution in [3.8, 4) is 0 Å². The van der Waals surface area contributed by atoms with Crippen molar-refractivity contribution in [1.82, 2.24) is 0 Å². The average Bonchev–Trinajstić information content (AvgIpc) is 3.50. The maximum absolute atomic E-state index is 2.58. The standard InChI is InChI=1S/C38H56Se2/c1-3-5-7-9-11-13-15-17-19-21-23-31-25-27-33-35(29-31)39-38-34-28-26-32(30-36(34)40-37(33)38)24-22-20-18-16-14-12-10-8-6-4-2/h25-30H,3-24H2,1-2H3. The molecule has 0 aliphatic heterocycles. The van der Waals surface area contributed by atoms with Gasteiger partial charge in [0.25, 0.3) is 0 Å². The molecule has 0 spiro atoms. The minimum atomic E-state index is 0.503. The molecule has 4 aromatic rings. The Hall–Kier alpha value is -0.781. The van der Waals surface area contributed by atoms with Gasteiger partial charge in [0.15, 0.2) is 0 Å². The molecular formula is C38H56Se2. The molecule has 2 aromatic carbocycles. The molecule has 4 rings (SSSR count). The Labute approximate surface area is 258 Å². The van der Waals surface area contributed by atoms with Crippen LogP contribution in [0.25, 0.3) is 27.8 Å². The minimum absolute atomic E-state index is 0.503. The zero-order chi connectivity index (χ0) is 27.8. The van der Waals surface area contributed by atoms with Crippen LogP contribution in [0.15, 0.2) is 36.4 Å². The second-order valence-corrected chi connectivity index (χ2v) is 16.8. The van der Waals surface area contributed by atoms with E-state index in [0.29, 0.717) is 29.0 Å². The number of benzene rings is 2. The van der Waals surface area contributed by atoms with Gasteiger partial charge < -0.3 is 0 Å². The number of unbranched alkanes of at least 4 members (excludes halogenated alkanes) is 18. The van der Waals surface area contributed by atoms with Gasteiger partial charge in [-0.2, -0.15) is 0 Å². The van der Waals surface area contributed by atoms with Gasteiger partial charge in [-0.1, -0.05) is 39.5 Å². The Bertz CT molecular complexity index is 1150. The van der Waals surface area contributed by atoms with Crippen molar-refractivity contribution < 1.29 is 0 Å². The SMILES string of the molecule is CCCCCCCCCCCCc1ccc2c(c1)[se]c1c3ccc(CCCCCCCCCCCC)cc3[se]c21. The quantitative estimate of drug-likeness (QED) is 0.0577. The first-order chi connectivity index (χ1) is 19.8. The van der Waals surface area contributed by atoms with E-state index in [9.17, 15) is 0 Å². The fraction of sp³-hybridized carbons (Fsp3) is 0.632. The predicted octanol–water partition coefficient (Wildman–Crippen LogP) is 12.2. The summed E-state index contributed by atoms with van der Waals surface area (Å²) in [6.45, 7) is 4.61. The van der Waals surface area contributed by atoms with E-state index in [1.54, 1.807) is 38.9 Å². The monoisotopic (exact) mass is 672 g/mol. The van der Waals surface area contributed by atoms with Crippen LogP contribution in [-0.2, 0) is 12.8 Å². The number of rotatable bonds is 22. The average molecular weight is 671 g/mol. The summed E-state index contributed by atoms with van der Waals surface area (Å²) in [6.07, 6.45) is 31.0. The van der Waals surface area contributed by atoms with Gasteiger partial charge >= 0.3 is 220 Å². The summed E-state index contributed by atoms with van der Waals surface area (Å²) < 4.78 is 6.78. The molecule has 0 amide bonds. The fourth-order valence-electron chi connectivity index (χ4n) is 6.29. The molecular weight excluding hydrogens is 614 g/mol. The molecule has 0 atom stereocenters. The van der Waals surface area contributed by atoms with Crippen molar-refractivity contribution in [3.63, 3.8) is 0 Å². The molecule has 0 unspecified atom stereocenters. The van der Waals surface area contributed by atoms with Crippen molar-refractivity contribution in [3.05, 3.63) is 47.5 Å². The number of aryl methyl sites for hydroxylation is 2. The Morgan fingerprint density at radius 3 is 1.07 bits per heavy atom. The third-order valence-corrected chi connectivity index (χ3v) is 14.5. The van der Waals surface area contributed by atoms with Crippen molar-refractivity contribution in [2.75, 3.05) is 0 Å². The van der Waals surface area contributed by atoms with E-state index >= 15 is 0 Å². The van der Waals surface area contributed by atoms with E-state index in [1.807, 2.05) is 0 Å². The molecule has 0 saturated carbocycles. The number of hydrogen-bond acceptors (Lipinski definition) is 0. The topological polar surface area (TPSA) is 0 Å². The van der Waals surface area contributed by atoms with Gasteiger partial charge in [0.05, 0.1) is 0 Å². The van der Waals surface area contributed by atoms with Crippen LogP contribution in [0, 0.1) is 0 Å².